The molecule has 0 spiro atoms. The van der Waals surface area contributed by atoms with Crippen molar-refractivity contribution in [3.63, 3.8) is 0 Å². The Morgan fingerprint density at radius 3 is 2.79 bits per heavy atom. The average Bonchev–Trinajstić information content (AvgIpc) is 3.38. The van der Waals surface area contributed by atoms with E-state index in [1.807, 2.05) is 61.4 Å². The number of halogens is 1. The van der Waals surface area contributed by atoms with Crippen molar-refractivity contribution in [3.05, 3.63) is 64.4 Å². The van der Waals surface area contributed by atoms with Crippen LogP contribution in [0.3, 0.4) is 0 Å². The minimum atomic E-state index is 0. The molecule has 2 heterocycles. The molecule has 0 radical (unpaired) electrons. The van der Waals surface area contributed by atoms with Gasteiger partial charge in [0.05, 0.1) is 24.1 Å². The first-order valence-electron chi connectivity index (χ1n) is 9.08. The Balaban J connectivity index is 0.00000300. The maximum Gasteiger partial charge on any atom is 0.194 e. The Kier molecular flexibility index (Phi) is 9.05. The minimum Gasteiger partial charge on any atom is -0.375 e. The van der Waals surface area contributed by atoms with E-state index in [9.17, 15) is 0 Å². The van der Waals surface area contributed by atoms with Gasteiger partial charge in [0.15, 0.2) is 5.96 Å². The zero-order valence-corrected chi connectivity index (χ0v) is 20.2. The molecule has 0 fully saturated rings. The first kappa shape index (κ1) is 23.3. The van der Waals surface area contributed by atoms with Crippen molar-refractivity contribution in [2.45, 2.75) is 26.1 Å². The lowest BCUT2D eigenvalue weighted by Crippen LogP contribution is -2.38. The molecule has 0 amide bonds. The largest absolute Gasteiger partial charge is 0.375 e. The van der Waals surface area contributed by atoms with E-state index in [0.29, 0.717) is 13.1 Å². The third-order valence-electron chi connectivity index (χ3n) is 4.35. The summed E-state index contributed by atoms with van der Waals surface area (Å²) in [6, 6.07) is 10.1. The summed E-state index contributed by atoms with van der Waals surface area (Å²) in [6.07, 6.45) is 3.91. The van der Waals surface area contributed by atoms with Crippen molar-refractivity contribution in [3.8, 4) is 5.69 Å². The number of rotatable bonds is 7. The molecule has 9 heteroatoms. The van der Waals surface area contributed by atoms with E-state index in [1.54, 1.807) is 25.5 Å². The standard InChI is InChI=1S/C20H26N6OS.HI/c1-15(27-4)19-24-17(14-28-19)13-25(3)20(21-2)22-10-16-11-23-26(12-16)18-8-6-5-7-9-18;/h5-9,11-12,14-15H,10,13H2,1-4H3,(H,21,22);1H. The Morgan fingerprint density at radius 1 is 1.34 bits per heavy atom. The van der Waals surface area contributed by atoms with E-state index < -0.39 is 0 Å². The number of para-hydroxylation sites is 1. The number of nitrogens with one attached hydrogen (secondary N) is 1. The Labute approximate surface area is 192 Å². The smallest absolute Gasteiger partial charge is 0.194 e. The maximum absolute atomic E-state index is 5.33. The Morgan fingerprint density at radius 2 is 2.10 bits per heavy atom. The quantitative estimate of drug-likeness (QED) is 0.288. The van der Waals surface area contributed by atoms with Crippen LogP contribution in [0.5, 0.6) is 0 Å². The molecule has 7 nitrogen and oxygen atoms in total. The van der Waals surface area contributed by atoms with Crippen LogP contribution < -0.4 is 5.32 Å². The lowest BCUT2D eigenvalue weighted by atomic mass is 10.3. The second kappa shape index (κ2) is 11.3. The van der Waals surface area contributed by atoms with Gasteiger partial charge in [0.1, 0.15) is 11.1 Å². The van der Waals surface area contributed by atoms with Crippen molar-refractivity contribution in [2.24, 2.45) is 4.99 Å². The average molecular weight is 526 g/mol. The number of ether oxygens (including phenoxy) is 1. The highest BCUT2D eigenvalue weighted by atomic mass is 127. The van der Waals surface area contributed by atoms with Gasteiger partial charge in [-0.15, -0.1) is 35.3 Å². The molecule has 3 aromatic rings. The van der Waals surface area contributed by atoms with Crippen molar-refractivity contribution < 1.29 is 4.74 Å². The summed E-state index contributed by atoms with van der Waals surface area (Å²) in [5, 5.41) is 10.9. The number of aliphatic imine (C=N–C) groups is 1. The predicted octanol–water partition coefficient (Wildman–Crippen LogP) is 3.86. The van der Waals surface area contributed by atoms with Gasteiger partial charge in [-0.2, -0.15) is 5.10 Å². The molecule has 3 rings (SSSR count). The predicted molar refractivity (Wildman–Crippen MR) is 128 cm³/mol. The van der Waals surface area contributed by atoms with Crippen LogP contribution in [0.15, 0.2) is 53.1 Å². The van der Waals surface area contributed by atoms with Crippen molar-refractivity contribution >= 4 is 41.3 Å². The van der Waals surface area contributed by atoms with Crippen LogP contribution in [0.4, 0.5) is 0 Å². The summed E-state index contributed by atoms with van der Waals surface area (Å²) in [6.45, 7) is 3.32. The zero-order valence-electron chi connectivity index (χ0n) is 17.1. The maximum atomic E-state index is 5.33. The number of guanidine groups is 1. The van der Waals surface area contributed by atoms with Gasteiger partial charge >= 0.3 is 0 Å². The van der Waals surface area contributed by atoms with E-state index in [-0.39, 0.29) is 30.1 Å². The summed E-state index contributed by atoms with van der Waals surface area (Å²) in [5.41, 5.74) is 3.13. The third kappa shape index (κ3) is 6.25. The van der Waals surface area contributed by atoms with Crippen LogP contribution in [-0.4, -0.2) is 46.8 Å². The molecule has 2 aromatic heterocycles. The molecule has 29 heavy (non-hydrogen) atoms. The molecule has 0 saturated carbocycles. The van der Waals surface area contributed by atoms with Gasteiger partial charge < -0.3 is 15.0 Å². The van der Waals surface area contributed by atoms with E-state index in [2.05, 4.69) is 30.7 Å². The lowest BCUT2D eigenvalue weighted by molar-refractivity contribution is 0.119. The molecular formula is C20H27IN6OS. The molecule has 0 aliphatic heterocycles. The van der Waals surface area contributed by atoms with Crippen LogP contribution in [0.1, 0.15) is 29.3 Å². The summed E-state index contributed by atoms with van der Waals surface area (Å²) < 4.78 is 7.21. The molecule has 1 atom stereocenters. The molecule has 0 aliphatic rings. The van der Waals surface area contributed by atoms with E-state index in [1.165, 1.54) is 0 Å². The number of aromatic nitrogens is 3. The SMILES string of the molecule is CN=C(NCc1cnn(-c2ccccc2)c1)N(C)Cc1csc(C(C)OC)n1.I. The first-order valence-corrected chi connectivity index (χ1v) is 9.96. The molecule has 1 aromatic carbocycles. The van der Waals surface area contributed by atoms with Crippen LogP contribution >= 0.6 is 35.3 Å². The van der Waals surface area contributed by atoms with E-state index >= 15 is 0 Å². The molecule has 1 N–H and O–H groups in total. The van der Waals surface area contributed by atoms with Crippen molar-refractivity contribution in [1.82, 2.24) is 25.0 Å². The van der Waals surface area contributed by atoms with E-state index in [4.69, 9.17) is 4.74 Å². The molecule has 0 saturated heterocycles. The first-order chi connectivity index (χ1) is 13.6. The molecule has 156 valence electrons. The highest BCUT2D eigenvalue weighted by Gasteiger charge is 2.13. The lowest BCUT2D eigenvalue weighted by Gasteiger charge is -2.21. The molecule has 1 unspecified atom stereocenters. The van der Waals surface area contributed by atoms with Gasteiger partial charge in [-0.05, 0) is 19.1 Å². The number of hydrogen-bond donors (Lipinski definition) is 1. The summed E-state index contributed by atoms with van der Waals surface area (Å²) in [4.78, 5) is 11.1. The molecule has 0 bridgehead atoms. The van der Waals surface area contributed by atoms with E-state index in [0.717, 1.165) is 27.9 Å². The Bertz CT molecular complexity index is 911. The summed E-state index contributed by atoms with van der Waals surface area (Å²) in [7, 11) is 5.48. The van der Waals surface area contributed by atoms with Gasteiger partial charge in [-0.25, -0.2) is 9.67 Å². The van der Waals surface area contributed by atoms with Gasteiger partial charge in [-0.1, -0.05) is 18.2 Å². The number of thiazole rings is 1. The highest BCUT2D eigenvalue weighted by Crippen LogP contribution is 2.20. The number of hydrogen-bond acceptors (Lipinski definition) is 5. The fourth-order valence-electron chi connectivity index (χ4n) is 2.74. The van der Waals surface area contributed by atoms with Gasteiger partial charge in [0.25, 0.3) is 0 Å². The number of benzene rings is 1. The van der Waals surface area contributed by atoms with Gasteiger partial charge in [-0.3, -0.25) is 4.99 Å². The fraction of sp³-hybridized carbons (Fsp3) is 0.350. The van der Waals surface area contributed by atoms with Gasteiger partial charge in [0.2, 0.25) is 0 Å². The van der Waals surface area contributed by atoms with Crippen LogP contribution in [0, 0.1) is 0 Å². The normalized spacial score (nSPS) is 12.3. The highest BCUT2D eigenvalue weighted by molar-refractivity contribution is 14.0. The second-order valence-corrected chi connectivity index (χ2v) is 7.33. The molecular weight excluding hydrogens is 499 g/mol. The minimum absolute atomic E-state index is 0. The second-order valence-electron chi connectivity index (χ2n) is 6.44. The Hall–Kier alpha value is -1.98. The third-order valence-corrected chi connectivity index (χ3v) is 5.41. The number of nitrogens with zero attached hydrogens (tertiary/aromatic N) is 5. The fourth-order valence-corrected chi connectivity index (χ4v) is 3.58. The summed E-state index contributed by atoms with van der Waals surface area (Å²) >= 11 is 1.62. The van der Waals surface area contributed by atoms with Crippen LogP contribution in [0.2, 0.25) is 0 Å². The summed E-state index contributed by atoms with van der Waals surface area (Å²) in [5.74, 6) is 0.807. The molecule has 0 aliphatic carbocycles. The van der Waals surface area contributed by atoms with Crippen LogP contribution in [0.25, 0.3) is 5.69 Å². The van der Waals surface area contributed by atoms with Crippen molar-refractivity contribution in [2.75, 3.05) is 21.2 Å². The van der Waals surface area contributed by atoms with Gasteiger partial charge in [0, 0.05) is 44.9 Å². The number of methoxy groups -OCH3 is 1. The monoisotopic (exact) mass is 526 g/mol. The topological polar surface area (TPSA) is 67.6 Å². The zero-order chi connectivity index (χ0) is 19.9. The van der Waals surface area contributed by atoms with Crippen LogP contribution in [-0.2, 0) is 17.8 Å². The van der Waals surface area contributed by atoms with Crippen molar-refractivity contribution in [1.29, 1.82) is 0 Å².